The number of hydrogen-bond donors (Lipinski definition) is 0. The molecule has 0 aliphatic carbocycles. The summed E-state index contributed by atoms with van der Waals surface area (Å²) in [5.74, 6) is 0. The van der Waals surface area contributed by atoms with Crippen molar-refractivity contribution < 1.29 is 4.39 Å². The van der Waals surface area contributed by atoms with Crippen LogP contribution in [0.5, 0.6) is 0 Å². The van der Waals surface area contributed by atoms with Crippen LogP contribution in [0.2, 0.25) is 0 Å². The van der Waals surface area contributed by atoms with Crippen molar-refractivity contribution in [1.82, 2.24) is 14.4 Å². The first kappa shape index (κ1) is 9.96. The fourth-order valence-electron chi connectivity index (χ4n) is 1.88. The molecule has 0 aliphatic heterocycles. The number of imidazole rings is 1. The quantitative estimate of drug-likeness (QED) is 0.673. The van der Waals surface area contributed by atoms with Gasteiger partial charge in [0.05, 0.1) is 11.4 Å². The van der Waals surface area contributed by atoms with E-state index in [1.165, 1.54) is 0 Å². The fraction of sp³-hybridized carbons (Fsp3) is 0.0769. The largest absolute Gasteiger partial charge is 0.301 e. The molecule has 0 saturated heterocycles. The van der Waals surface area contributed by atoms with E-state index in [1.807, 2.05) is 42.6 Å². The number of hydrogen-bond acceptors (Lipinski definition) is 2. The summed E-state index contributed by atoms with van der Waals surface area (Å²) < 4.78 is 14.9. The molecule has 3 heterocycles. The Bertz CT molecular complexity index is 646. The average Bonchev–Trinajstić information content (AvgIpc) is 2.78. The third-order valence-corrected chi connectivity index (χ3v) is 2.66. The van der Waals surface area contributed by atoms with Crippen LogP contribution in [0.15, 0.2) is 48.8 Å². The molecule has 0 aliphatic rings. The van der Waals surface area contributed by atoms with Crippen LogP contribution in [0.3, 0.4) is 0 Å². The van der Waals surface area contributed by atoms with Gasteiger partial charge in [-0.25, -0.2) is 9.37 Å². The zero-order valence-electron chi connectivity index (χ0n) is 9.05. The maximum atomic E-state index is 13.1. The molecular weight excluding hydrogens is 217 g/mol. The molecule has 3 aromatic rings. The number of fused-ring (bicyclic) bond motifs is 1. The highest BCUT2D eigenvalue weighted by molar-refractivity contribution is 5.63. The SMILES string of the molecule is FCc1c(-c2ccccn2)nc2ccccn12. The molecule has 0 N–H and O–H groups in total. The lowest BCUT2D eigenvalue weighted by Crippen LogP contribution is -1.91. The molecule has 0 radical (unpaired) electrons. The van der Waals surface area contributed by atoms with Crippen molar-refractivity contribution >= 4 is 5.65 Å². The molecule has 0 bridgehead atoms. The van der Waals surface area contributed by atoms with Crippen molar-refractivity contribution in [2.24, 2.45) is 0 Å². The minimum Gasteiger partial charge on any atom is -0.301 e. The van der Waals surface area contributed by atoms with E-state index < -0.39 is 6.67 Å². The smallest absolute Gasteiger partial charge is 0.137 e. The zero-order chi connectivity index (χ0) is 11.7. The summed E-state index contributed by atoms with van der Waals surface area (Å²) >= 11 is 0. The van der Waals surface area contributed by atoms with Gasteiger partial charge in [0.2, 0.25) is 0 Å². The lowest BCUT2D eigenvalue weighted by Gasteiger charge is -1.99. The molecule has 3 rings (SSSR count). The third kappa shape index (κ3) is 1.58. The van der Waals surface area contributed by atoms with Gasteiger partial charge in [0.15, 0.2) is 0 Å². The van der Waals surface area contributed by atoms with E-state index in [0.29, 0.717) is 17.1 Å². The van der Waals surface area contributed by atoms with Crippen molar-refractivity contribution in [1.29, 1.82) is 0 Å². The predicted octanol–water partition coefficient (Wildman–Crippen LogP) is 2.87. The Morgan fingerprint density at radius 1 is 1.12 bits per heavy atom. The van der Waals surface area contributed by atoms with Crippen LogP contribution in [0.4, 0.5) is 4.39 Å². The van der Waals surface area contributed by atoms with E-state index in [4.69, 9.17) is 0 Å². The standard InChI is InChI=1S/C13H10FN3/c14-9-11-13(10-5-1-3-7-15-10)16-12-6-2-4-8-17(11)12/h1-8H,9H2. The lowest BCUT2D eigenvalue weighted by atomic mass is 10.2. The highest BCUT2D eigenvalue weighted by Crippen LogP contribution is 2.23. The van der Waals surface area contributed by atoms with Crippen molar-refractivity contribution in [3.05, 3.63) is 54.5 Å². The summed E-state index contributed by atoms with van der Waals surface area (Å²) in [6, 6.07) is 11.1. The van der Waals surface area contributed by atoms with Gasteiger partial charge >= 0.3 is 0 Å². The fourth-order valence-corrected chi connectivity index (χ4v) is 1.88. The second kappa shape index (κ2) is 3.97. The van der Waals surface area contributed by atoms with Crippen molar-refractivity contribution in [2.45, 2.75) is 6.67 Å². The average molecular weight is 227 g/mol. The maximum absolute atomic E-state index is 13.1. The van der Waals surface area contributed by atoms with Gasteiger partial charge in [-0.2, -0.15) is 0 Å². The minimum atomic E-state index is -0.558. The van der Waals surface area contributed by atoms with Gasteiger partial charge in [-0.1, -0.05) is 12.1 Å². The second-order valence-corrected chi connectivity index (χ2v) is 3.68. The van der Waals surface area contributed by atoms with Gasteiger partial charge in [0.1, 0.15) is 18.0 Å². The third-order valence-electron chi connectivity index (χ3n) is 2.66. The predicted molar refractivity (Wildman–Crippen MR) is 63.2 cm³/mol. The Labute approximate surface area is 97.6 Å². The van der Waals surface area contributed by atoms with Gasteiger partial charge in [-0.3, -0.25) is 4.98 Å². The van der Waals surface area contributed by atoms with Crippen LogP contribution >= 0.6 is 0 Å². The number of pyridine rings is 2. The van der Waals surface area contributed by atoms with Crippen molar-refractivity contribution in [3.8, 4) is 11.4 Å². The molecule has 4 heteroatoms. The van der Waals surface area contributed by atoms with Crippen LogP contribution in [0.1, 0.15) is 5.69 Å². The molecule has 0 unspecified atom stereocenters. The van der Waals surface area contributed by atoms with E-state index in [-0.39, 0.29) is 0 Å². The number of alkyl halides is 1. The number of aromatic nitrogens is 3. The molecule has 84 valence electrons. The first-order chi connectivity index (χ1) is 8.40. The number of nitrogens with zero attached hydrogens (tertiary/aromatic N) is 3. The summed E-state index contributed by atoms with van der Waals surface area (Å²) in [6.07, 6.45) is 3.49. The Morgan fingerprint density at radius 3 is 2.76 bits per heavy atom. The summed E-state index contributed by atoms with van der Waals surface area (Å²) in [5.41, 5.74) is 2.59. The van der Waals surface area contributed by atoms with Crippen LogP contribution in [0, 0.1) is 0 Å². The molecule has 0 amide bonds. The van der Waals surface area contributed by atoms with Crippen LogP contribution in [0.25, 0.3) is 17.0 Å². The summed E-state index contributed by atoms with van der Waals surface area (Å²) in [5, 5.41) is 0. The molecule has 0 spiro atoms. The lowest BCUT2D eigenvalue weighted by molar-refractivity contribution is 0.474. The first-order valence-corrected chi connectivity index (χ1v) is 5.33. The van der Waals surface area contributed by atoms with Crippen LogP contribution in [-0.4, -0.2) is 14.4 Å². The highest BCUT2D eigenvalue weighted by Gasteiger charge is 2.13. The summed E-state index contributed by atoms with van der Waals surface area (Å²) in [6.45, 7) is -0.558. The molecule has 0 atom stereocenters. The van der Waals surface area contributed by atoms with Gasteiger partial charge in [-0.05, 0) is 24.3 Å². The summed E-state index contributed by atoms with van der Waals surface area (Å²) in [4.78, 5) is 8.62. The second-order valence-electron chi connectivity index (χ2n) is 3.68. The number of rotatable bonds is 2. The summed E-state index contributed by atoms with van der Waals surface area (Å²) in [7, 11) is 0. The molecule has 3 aromatic heterocycles. The Morgan fingerprint density at radius 2 is 2.00 bits per heavy atom. The topological polar surface area (TPSA) is 30.2 Å². The van der Waals surface area contributed by atoms with Crippen molar-refractivity contribution in [2.75, 3.05) is 0 Å². The molecule has 0 aromatic carbocycles. The zero-order valence-corrected chi connectivity index (χ0v) is 9.05. The van der Waals surface area contributed by atoms with Gasteiger partial charge < -0.3 is 4.40 Å². The van der Waals surface area contributed by atoms with Gasteiger partial charge in [0, 0.05) is 12.4 Å². The van der Waals surface area contributed by atoms with Crippen molar-refractivity contribution in [3.63, 3.8) is 0 Å². The normalized spacial score (nSPS) is 10.9. The molecule has 0 saturated carbocycles. The van der Waals surface area contributed by atoms with Gasteiger partial charge in [0.25, 0.3) is 0 Å². The molecule has 0 fully saturated rings. The minimum absolute atomic E-state index is 0.541. The monoisotopic (exact) mass is 227 g/mol. The Hall–Kier alpha value is -2.23. The number of halogens is 1. The van der Waals surface area contributed by atoms with E-state index in [0.717, 1.165) is 5.65 Å². The Balaban J connectivity index is 2.30. The Kier molecular flexibility index (Phi) is 2.33. The van der Waals surface area contributed by atoms with E-state index in [2.05, 4.69) is 9.97 Å². The van der Waals surface area contributed by atoms with Gasteiger partial charge in [-0.15, -0.1) is 0 Å². The molecule has 3 nitrogen and oxygen atoms in total. The van der Waals surface area contributed by atoms with Crippen LogP contribution in [-0.2, 0) is 6.67 Å². The maximum Gasteiger partial charge on any atom is 0.137 e. The van der Waals surface area contributed by atoms with Crippen LogP contribution < -0.4 is 0 Å². The molecular formula is C13H10FN3. The van der Waals surface area contributed by atoms with E-state index >= 15 is 0 Å². The highest BCUT2D eigenvalue weighted by atomic mass is 19.1. The van der Waals surface area contributed by atoms with E-state index in [9.17, 15) is 4.39 Å². The first-order valence-electron chi connectivity index (χ1n) is 5.33. The van der Waals surface area contributed by atoms with E-state index in [1.54, 1.807) is 10.6 Å². The molecule has 17 heavy (non-hydrogen) atoms.